The van der Waals surface area contributed by atoms with Gasteiger partial charge in [0, 0.05) is 16.6 Å². The third-order valence-electron chi connectivity index (χ3n) is 4.14. The minimum atomic E-state index is -0.403. The molecule has 0 saturated heterocycles. The van der Waals surface area contributed by atoms with Crippen molar-refractivity contribution in [3.05, 3.63) is 28.8 Å². The molecule has 0 spiro atoms. The van der Waals surface area contributed by atoms with Gasteiger partial charge in [0.2, 0.25) is 0 Å². The third-order valence-corrected chi connectivity index (χ3v) is 4.38. The minimum Gasteiger partial charge on any atom is -0.496 e. The van der Waals surface area contributed by atoms with Crippen LogP contribution in [0.3, 0.4) is 0 Å². The van der Waals surface area contributed by atoms with Crippen LogP contribution >= 0.6 is 11.6 Å². The van der Waals surface area contributed by atoms with Gasteiger partial charge >= 0.3 is 6.03 Å². The van der Waals surface area contributed by atoms with Crippen LogP contribution < -0.4 is 20.3 Å². The molecule has 132 valence electrons. The summed E-state index contributed by atoms with van der Waals surface area (Å²) in [4.78, 5) is 24.7. The summed E-state index contributed by atoms with van der Waals surface area (Å²) in [7, 11) is 3.48. The van der Waals surface area contributed by atoms with Gasteiger partial charge in [0.15, 0.2) is 6.54 Å². The standard InChI is InChI=1S/C17H24ClN3O3/c1-21(10-12-9-13(18)7-8-15(12)24-2)11-16(22)20-17(23)19-14-5-3-4-6-14/h7-9,14H,3-6,10-11H2,1-2H3,(H2,19,20,22,23)/p+1. The second-order valence-electron chi connectivity index (χ2n) is 6.27. The third kappa shape index (κ3) is 5.69. The fourth-order valence-electron chi connectivity index (χ4n) is 3.01. The Morgan fingerprint density at radius 3 is 2.71 bits per heavy atom. The molecule has 1 aliphatic rings. The zero-order chi connectivity index (χ0) is 17.5. The van der Waals surface area contributed by atoms with Gasteiger partial charge in [0.05, 0.1) is 14.2 Å². The molecule has 6 nitrogen and oxygen atoms in total. The molecule has 1 aliphatic carbocycles. The number of nitrogens with one attached hydrogen (secondary N) is 3. The average molecular weight is 355 g/mol. The van der Waals surface area contributed by atoms with E-state index < -0.39 is 6.03 Å². The maximum atomic E-state index is 12.0. The molecular weight excluding hydrogens is 330 g/mol. The Morgan fingerprint density at radius 1 is 1.33 bits per heavy atom. The van der Waals surface area contributed by atoms with Crippen LogP contribution in [0, 0.1) is 0 Å². The van der Waals surface area contributed by atoms with Crippen molar-refractivity contribution in [3.8, 4) is 5.75 Å². The van der Waals surface area contributed by atoms with Gasteiger partial charge in [-0.3, -0.25) is 10.1 Å². The first kappa shape index (κ1) is 18.5. The summed E-state index contributed by atoms with van der Waals surface area (Å²) < 4.78 is 5.31. The van der Waals surface area contributed by atoms with Crippen LogP contribution in [0.4, 0.5) is 4.79 Å². The van der Waals surface area contributed by atoms with Gasteiger partial charge in [-0.15, -0.1) is 0 Å². The first-order chi connectivity index (χ1) is 11.5. The highest BCUT2D eigenvalue weighted by atomic mass is 35.5. The molecule has 0 heterocycles. The fourth-order valence-corrected chi connectivity index (χ4v) is 3.20. The topological polar surface area (TPSA) is 71.9 Å². The molecule has 0 aromatic heterocycles. The Morgan fingerprint density at radius 2 is 2.04 bits per heavy atom. The van der Waals surface area contributed by atoms with E-state index in [-0.39, 0.29) is 18.5 Å². The highest BCUT2D eigenvalue weighted by Gasteiger charge is 2.20. The van der Waals surface area contributed by atoms with E-state index in [0.717, 1.165) is 41.9 Å². The zero-order valence-electron chi connectivity index (χ0n) is 14.2. The normalized spacial score (nSPS) is 15.8. The highest BCUT2D eigenvalue weighted by Crippen LogP contribution is 2.21. The minimum absolute atomic E-state index is 0.188. The quantitative estimate of drug-likeness (QED) is 0.717. The number of halogens is 1. The van der Waals surface area contributed by atoms with Gasteiger partial charge in [-0.2, -0.15) is 0 Å². The lowest BCUT2D eigenvalue weighted by atomic mass is 10.2. The number of hydrogen-bond donors (Lipinski definition) is 3. The molecule has 7 heteroatoms. The Bertz CT molecular complexity index is 588. The summed E-state index contributed by atoms with van der Waals surface area (Å²) in [6, 6.07) is 5.19. The van der Waals surface area contributed by atoms with E-state index in [1.165, 1.54) is 0 Å². The molecule has 1 fully saturated rings. The summed E-state index contributed by atoms with van der Waals surface area (Å²) in [5.41, 5.74) is 0.922. The Hall–Kier alpha value is -1.79. The SMILES string of the molecule is COc1ccc(Cl)cc1C[NH+](C)CC(=O)NC(=O)NC1CCCC1. The van der Waals surface area contributed by atoms with Gasteiger partial charge in [0.25, 0.3) is 5.91 Å². The number of hydrogen-bond acceptors (Lipinski definition) is 3. The molecule has 0 aliphatic heterocycles. The van der Waals surface area contributed by atoms with Crippen molar-refractivity contribution < 1.29 is 19.2 Å². The van der Waals surface area contributed by atoms with Crippen LogP contribution in [0.1, 0.15) is 31.2 Å². The van der Waals surface area contributed by atoms with E-state index in [1.807, 2.05) is 13.1 Å². The number of likely N-dealkylation sites (N-methyl/N-ethyl adjacent to an activating group) is 1. The summed E-state index contributed by atoms with van der Waals surface area (Å²) in [6.07, 6.45) is 4.24. The van der Waals surface area contributed by atoms with Crippen molar-refractivity contribution in [3.63, 3.8) is 0 Å². The van der Waals surface area contributed by atoms with Crippen molar-refractivity contribution in [1.82, 2.24) is 10.6 Å². The number of carbonyl (C=O) groups excluding carboxylic acids is 2. The Kier molecular flexibility index (Phi) is 6.87. The molecule has 0 bridgehead atoms. The molecule has 1 aromatic carbocycles. The molecule has 0 radical (unpaired) electrons. The van der Waals surface area contributed by atoms with Gasteiger partial charge in [0.1, 0.15) is 12.3 Å². The number of carbonyl (C=O) groups is 2. The number of benzene rings is 1. The van der Waals surface area contributed by atoms with Crippen molar-refractivity contribution in [2.75, 3.05) is 20.7 Å². The van der Waals surface area contributed by atoms with E-state index in [9.17, 15) is 9.59 Å². The molecule has 1 atom stereocenters. The van der Waals surface area contributed by atoms with E-state index in [0.29, 0.717) is 11.6 Å². The molecule has 3 amide bonds. The molecule has 1 saturated carbocycles. The lowest BCUT2D eigenvalue weighted by Gasteiger charge is -2.16. The molecule has 24 heavy (non-hydrogen) atoms. The van der Waals surface area contributed by atoms with Gasteiger partial charge in [-0.05, 0) is 31.0 Å². The molecule has 2 rings (SSSR count). The van der Waals surface area contributed by atoms with E-state index in [4.69, 9.17) is 16.3 Å². The number of quaternary nitrogens is 1. The zero-order valence-corrected chi connectivity index (χ0v) is 14.9. The van der Waals surface area contributed by atoms with E-state index in [1.54, 1.807) is 19.2 Å². The highest BCUT2D eigenvalue weighted by molar-refractivity contribution is 6.30. The van der Waals surface area contributed by atoms with Gasteiger partial charge in [-0.1, -0.05) is 24.4 Å². The van der Waals surface area contributed by atoms with Crippen LogP contribution in [0.25, 0.3) is 0 Å². The molecule has 3 N–H and O–H groups in total. The maximum absolute atomic E-state index is 12.0. The summed E-state index contributed by atoms with van der Waals surface area (Å²) in [6.45, 7) is 0.759. The summed E-state index contributed by atoms with van der Waals surface area (Å²) >= 11 is 6.02. The van der Waals surface area contributed by atoms with E-state index in [2.05, 4.69) is 10.6 Å². The van der Waals surface area contributed by atoms with E-state index >= 15 is 0 Å². The second-order valence-corrected chi connectivity index (χ2v) is 6.71. The van der Waals surface area contributed by atoms with Crippen molar-refractivity contribution in [1.29, 1.82) is 0 Å². The maximum Gasteiger partial charge on any atom is 0.321 e. The average Bonchev–Trinajstić information content (AvgIpc) is 2.99. The van der Waals surface area contributed by atoms with Crippen molar-refractivity contribution in [2.24, 2.45) is 0 Å². The number of urea groups is 1. The smallest absolute Gasteiger partial charge is 0.321 e. The first-order valence-corrected chi connectivity index (χ1v) is 8.59. The van der Waals surface area contributed by atoms with Crippen molar-refractivity contribution in [2.45, 2.75) is 38.3 Å². The van der Waals surface area contributed by atoms with Crippen LogP contribution in [0.5, 0.6) is 5.75 Å². The predicted octanol–water partition coefficient (Wildman–Crippen LogP) is 1.13. The number of imide groups is 1. The lowest BCUT2D eigenvalue weighted by molar-refractivity contribution is -0.885. The lowest BCUT2D eigenvalue weighted by Crippen LogP contribution is -3.09. The number of ether oxygens (including phenoxy) is 1. The van der Waals surface area contributed by atoms with Gasteiger partial charge in [-0.25, -0.2) is 4.79 Å². The van der Waals surface area contributed by atoms with Crippen molar-refractivity contribution >= 4 is 23.5 Å². The largest absolute Gasteiger partial charge is 0.496 e. The molecule has 1 aromatic rings. The summed E-state index contributed by atoms with van der Waals surface area (Å²) in [5, 5.41) is 5.86. The molecular formula is C17H25ClN3O3+. The van der Waals surface area contributed by atoms with Gasteiger partial charge < -0.3 is 15.0 Å². The predicted molar refractivity (Wildman–Crippen MR) is 92.4 cm³/mol. The Labute approximate surface area is 147 Å². The van der Waals surface area contributed by atoms with Crippen LogP contribution in [-0.4, -0.2) is 38.7 Å². The fraction of sp³-hybridized carbons (Fsp3) is 0.529. The number of amides is 3. The second kappa shape index (κ2) is 8.89. The number of rotatable bonds is 6. The Balaban J connectivity index is 1.80. The molecule has 1 unspecified atom stereocenters. The van der Waals surface area contributed by atoms with Crippen LogP contribution in [0.15, 0.2) is 18.2 Å². The first-order valence-electron chi connectivity index (χ1n) is 8.22. The van der Waals surface area contributed by atoms with Crippen LogP contribution in [-0.2, 0) is 11.3 Å². The summed E-state index contributed by atoms with van der Waals surface area (Å²) in [5.74, 6) is 0.433. The number of methoxy groups -OCH3 is 1. The van der Waals surface area contributed by atoms with Crippen LogP contribution in [0.2, 0.25) is 5.02 Å². The monoisotopic (exact) mass is 354 g/mol.